The standard InChI is InChI=1S/C24H40N2O5Si/c1-23(2,3)30-22(29)26-15-9-10-20(27)19(16-26)25-21(28)17-11-13-18(14-12-17)31-32(7,8)24(4,5)6/h11-14,19-20,27H,9-10,15-16H2,1-8H3,(H,25,28)/t19-,20-/m1/s1. The Hall–Kier alpha value is -2.06. The molecule has 0 bridgehead atoms. The fourth-order valence-electron chi connectivity index (χ4n) is 3.15. The maximum atomic E-state index is 12.8. The first-order valence-corrected chi connectivity index (χ1v) is 14.3. The number of ether oxygens (including phenoxy) is 1. The van der Waals surface area contributed by atoms with Gasteiger partial charge in [-0.3, -0.25) is 4.79 Å². The van der Waals surface area contributed by atoms with E-state index in [2.05, 4.69) is 39.2 Å². The first-order valence-electron chi connectivity index (χ1n) is 11.3. The number of aliphatic hydroxyl groups is 1. The predicted octanol–water partition coefficient (Wildman–Crippen LogP) is 4.56. The maximum absolute atomic E-state index is 12.8. The van der Waals surface area contributed by atoms with Gasteiger partial charge in [-0.15, -0.1) is 0 Å². The van der Waals surface area contributed by atoms with Crippen LogP contribution in [0.15, 0.2) is 24.3 Å². The van der Waals surface area contributed by atoms with Crippen LogP contribution < -0.4 is 9.74 Å². The van der Waals surface area contributed by atoms with Gasteiger partial charge in [-0.1, -0.05) is 20.8 Å². The first-order chi connectivity index (χ1) is 14.6. The Morgan fingerprint density at radius 3 is 2.22 bits per heavy atom. The SMILES string of the molecule is CC(C)(C)OC(=O)N1CCC[C@@H](O)[C@H](NC(=O)c2ccc(O[Si](C)(C)C(C)(C)C)cc2)C1. The van der Waals surface area contributed by atoms with Crippen LogP contribution in [0.2, 0.25) is 18.1 Å². The molecule has 32 heavy (non-hydrogen) atoms. The van der Waals surface area contributed by atoms with Gasteiger partial charge in [-0.2, -0.15) is 0 Å². The minimum absolute atomic E-state index is 0.0820. The summed E-state index contributed by atoms with van der Waals surface area (Å²) in [6.45, 7) is 17.0. The van der Waals surface area contributed by atoms with Gasteiger partial charge in [-0.05, 0) is 76.0 Å². The number of likely N-dealkylation sites (tertiary alicyclic amines) is 1. The topological polar surface area (TPSA) is 88.1 Å². The van der Waals surface area contributed by atoms with Crippen molar-refractivity contribution in [3.05, 3.63) is 29.8 Å². The van der Waals surface area contributed by atoms with Crippen molar-refractivity contribution in [3.8, 4) is 5.75 Å². The second kappa shape index (κ2) is 9.83. The van der Waals surface area contributed by atoms with Crippen molar-refractivity contribution in [2.75, 3.05) is 13.1 Å². The van der Waals surface area contributed by atoms with Gasteiger partial charge in [0.25, 0.3) is 5.91 Å². The highest BCUT2D eigenvalue weighted by molar-refractivity contribution is 6.74. The molecule has 2 rings (SSSR count). The van der Waals surface area contributed by atoms with Crippen molar-refractivity contribution in [1.82, 2.24) is 10.2 Å². The van der Waals surface area contributed by atoms with Crippen molar-refractivity contribution in [1.29, 1.82) is 0 Å². The lowest BCUT2D eigenvalue weighted by Crippen LogP contribution is -2.50. The van der Waals surface area contributed by atoms with Crippen LogP contribution in [-0.4, -0.2) is 61.2 Å². The van der Waals surface area contributed by atoms with Crippen molar-refractivity contribution in [2.24, 2.45) is 0 Å². The predicted molar refractivity (Wildman–Crippen MR) is 129 cm³/mol. The molecule has 2 atom stereocenters. The third-order valence-corrected chi connectivity index (χ3v) is 10.4. The summed E-state index contributed by atoms with van der Waals surface area (Å²) in [6, 6.07) is 6.51. The fraction of sp³-hybridized carbons (Fsp3) is 0.667. The molecule has 180 valence electrons. The van der Waals surface area contributed by atoms with Crippen molar-refractivity contribution < 1.29 is 23.9 Å². The Kier molecular flexibility index (Phi) is 8.04. The third kappa shape index (κ3) is 7.23. The molecule has 1 fully saturated rings. The number of nitrogens with zero attached hydrogens (tertiary/aromatic N) is 1. The van der Waals surface area contributed by atoms with Gasteiger partial charge in [0.1, 0.15) is 11.4 Å². The van der Waals surface area contributed by atoms with Crippen molar-refractivity contribution in [2.45, 2.75) is 90.3 Å². The second-order valence-electron chi connectivity index (χ2n) is 11.1. The Balaban J connectivity index is 2.05. The molecule has 1 aromatic carbocycles. The molecule has 1 aliphatic heterocycles. The van der Waals surface area contributed by atoms with E-state index in [9.17, 15) is 14.7 Å². The van der Waals surface area contributed by atoms with Crippen LogP contribution in [0, 0.1) is 0 Å². The van der Waals surface area contributed by atoms with Gasteiger partial charge in [0.15, 0.2) is 0 Å². The zero-order valence-corrected chi connectivity index (χ0v) is 21.8. The normalized spacial score (nSPS) is 20.3. The minimum atomic E-state index is -1.96. The summed E-state index contributed by atoms with van der Waals surface area (Å²) in [6.07, 6.45) is -0.0129. The van der Waals surface area contributed by atoms with Crippen molar-refractivity contribution in [3.63, 3.8) is 0 Å². The summed E-state index contributed by atoms with van der Waals surface area (Å²) in [5, 5.41) is 13.5. The maximum Gasteiger partial charge on any atom is 0.410 e. The van der Waals surface area contributed by atoms with E-state index >= 15 is 0 Å². The Labute approximate surface area is 193 Å². The summed E-state index contributed by atoms with van der Waals surface area (Å²) in [5.41, 5.74) is -0.123. The van der Waals surface area contributed by atoms with Gasteiger partial charge in [0.2, 0.25) is 8.32 Å². The summed E-state index contributed by atoms with van der Waals surface area (Å²) >= 11 is 0. The Morgan fingerprint density at radius 1 is 1.09 bits per heavy atom. The number of benzene rings is 1. The fourth-order valence-corrected chi connectivity index (χ4v) is 4.18. The van der Waals surface area contributed by atoms with E-state index in [1.807, 2.05) is 32.9 Å². The quantitative estimate of drug-likeness (QED) is 0.638. The molecule has 7 nitrogen and oxygen atoms in total. The summed E-state index contributed by atoms with van der Waals surface area (Å²) in [4.78, 5) is 26.9. The van der Waals surface area contributed by atoms with Gasteiger partial charge in [-0.25, -0.2) is 4.79 Å². The zero-order chi connectivity index (χ0) is 24.3. The van der Waals surface area contributed by atoms with Crippen LogP contribution in [0.1, 0.15) is 64.7 Å². The van der Waals surface area contributed by atoms with Gasteiger partial charge < -0.3 is 24.5 Å². The van der Waals surface area contributed by atoms with E-state index in [0.29, 0.717) is 24.9 Å². The lowest BCUT2D eigenvalue weighted by molar-refractivity contribution is 0.0223. The number of nitrogens with one attached hydrogen (secondary N) is 1. The molecule has 2 amide bonds. The van der Waals surface area contributed by atoms with Crippen molar-refractivity contribution >= 4 is 20.3 Å². The lowest BCUT2D eigenvalue weighted by atomic mass is 10.1. The molecular formula is C24H40N2O5Si. The van der Waals surface area contributed by atoms with Crippen LogP contribution >= 0.6 is 0 Å². The van der Waals surface area contributed by atoms with Gasteiger partial charge in [0, 0.05) is 18.7 Å². The number of hydrogen-bond donors (Lipinski definition) is 2. The molecule has 1 aromatic rings. The van der Waals surface area contributed by atoms with Gasteiger partial charge in [0.05, 0.1) is 12.1 Å². The molecule has 0 spiro atoms. The Bertz CT molecular complexity index is 796. The molecule has 0 radical (unpaired) electrons. The van der Waals surface area contributed by atoms with Crippen LogP contribution in [0.4, 0.5) is 4.79 Å². The monoisotopic (exact) mass is 464 g/mol. The lowest BCUT2D eigenvalue weighted by Gasteiger charge is -2.36. The highest BCUT2D eigenvalue weighted by atomic mass is 28.4. The average molecular weight is 465 g/mol. The molecule has 0 aromatic heterocycles. The van der Waals surface area contributed by atoms with Crippen LogP contribution in [0.5, 0.6) is 5.75 Å². The molecule has 1 saturated heterocycles. The number of amides is 2. The average Bonchev–Trinajstić information content (AvgIpc) is 2.81. The number of aliphatic hydroxyl groups excluding tert-OH is 1. The smallest absolute Gasteiger partial charge is 0.410 e. The van der Waals surface area contributed by atoms with Crippen LogP contribution in [-0.2, 0) is 4.74 Å². The molecule has 0 unspecified atom stereocenters. The molecule has 0 saturated carbocycles. The summed E-state index contributed by atoms with van der Waals surface area (Å²) < 4.78 is 11.7. The van der Waals surface area contributed by atoms with E-state index in [-0.39, 0.29) is 17.5 Å². The Morgan fingerprint density at radius 2 is 1.69 bits per heavy atom. The van der Waals surface area contributed by atoms with E-state index in [1.165, 1.54) is 0 Å². The molecule has 2 N–H and O–H groups in total. The largest absolute Gasteiger partial charge is 0.544 e. The zero-order valence-electron chi connectivity index (χ0n) is 20.8. The van der Waals surface area contributed by atoms with E-state index in [4.69, 9.17) is 9.16 Å². The summed E-state index contributed by atoms with van der Waals surface area (Å²) in [5.74, 6) is 0.456. The first kappa shape index (κ1) is 26.2. The molecule has 1 heterocycles. The number of carbonyl (C=O) groups is 2. The second-order valence-corrected chi connectivity index (χ2v) is 15.8. The third-order valence-electron chi connectivity index (χ3n) is 6.07. The van der Waals surface area contributed by atoms with Crippen LogP contribution in [0.25, 0.3) is 0 Å². The van der Waals surface area contributed by atoms with Crippen LogP contribution in [0.3, 0.4) is 0 Å². The van der Waals surface area contributed by atoms with E-state index in [1.54, 1.807) is 17.0 Å². The van der Waals surface area contributed by atoms with E-state index < -0.39 is 32.2 Å². The molecule has 1 aliphatic rings. The number of carbonyl (C=O) groups excluding carboxylic acids is 2. The molecular weight excluding hydrogens is 424 g/mol. The highest BCUT2D eigenvalue weighted by Crippen LogP contribution is 2.37. The molecule has 8 heteroatoms. The minimum Gasteiger partial charge on any atom is -0.544 e. The number of rotatable bonds is 4. The molecule has 0 aliphatic carbocycles. The van der Waals surface area contributed by atoms with Gasteiger partial charge >= 0.3 is 6.09 Å². The van der Waals surface area contributed by atoms with E-state index in [0.717, 1.165) is 5.75 Å². The highest BCUT2D eigenvalue weighted by Gasteiger charge is 2.39. The number of hydrogen-bond acceptors (Lipinski definition) is 5. The summed E-state index contributed by atoms with van der Waals surface area (Å²) in [7, 11) is -1.96.